The van der Waals surface area contributed by atoms with Gasteiger partial charge in [0.25, 0.3) is 0 Å². The zero-order valence-electron chi connectivity index (χ0n) is 6.14. The molecule has 3 N–H and O–H groups in total. The molecule has 1 rings (SSSR count). The van der Waals surface area contributed by atoms with Crippen molar-refractivity contribution < 1.29 is 10.2 Å². The van der Waals surface area contributed by atoms with E-state index in [2.05, 4.69) is 5.32 Å². The minimum atomic E-state index is -0.802. The fraction of sp³-hybridized carbons (Fsp3) is 1.00. The van der Waals surface area contributed by atoms with Crippen LogP contribution in [0.5, 0.6) is 0 Å². The number of aliphatic hydroxyl groups is 2. The van der Waals surface area contributed by atoms with Crippen molar-refractivity contribution >= 4 is 0 Å². The van der Waals surface area contributed by atoms with Crippen LogP contribution in [0.2, 0.25) is 0 Å². The molecule has 10 heavy (non-hydrogen) atoms. The lowest BCUT2D eigenvalue weighted by molar-refractivity contribution is -0.0235. The average Bonchev–Trinajstić information content (AvgIpc) is 2.15. The lowest BCUT2D eigenvalue weighted by atomic mass is 9.96. The second kappa shape index (κ2) is 3.32. The van der Waals surface area contributed by atoms with Crippen molar-refractivity contribution in [1.29, 1.82) is 0 Å². The highest BCUT2D eigenvalue weighted by atomic mass is 16.3. The molecule has 0 amide bonds. The van der Waals surface area contributed by atoms with Gasteiger partial charge in [-0.15, -0.1) is 0 Å². The largest absolute Gasteiger partial charge is 0.393 e. The van der Waals surface area contributed by atoms with Crippen molar-refractivity contribution in [2.75, 3.05) is 19.7 Å². The molecular formula is C7H15NO2. The molecule has 1 heterocycles. The van der Waals surface area contributed by atoms with Gasteiger partial charge in [-0.1, -0.05) is 0 Å². The van der Waals surface area contributed by atoms with Crippen LogP contribution in [0.25, 0.3) is 0 Å². The third-order valence-corrected chi connectivity index (χ3v) is 2.06. The Balaban J connectivity index is 2.41. The van der Waals surface area contributed by atoms with Gasteiger partial charge in [0.15, 0.2) is 0 Å². The molecule has 0 bridgehead atoms. The van der Waals surface area contributed by atoms with Crippen molar-refractivity contribution in [1.82, 2.24) is 5.32 Å². The van der Waals surface area contributed by atoms with E-state index >= 15 is 0 Å². The first-order valence-electron chi connectivity index (χ1n) is 3.81. The van der Waals surface area contributed by atoms with E-state index in [-0.39, 0.29) is 6.61 Å². The number of aliphatic hydroxyl groups excluding tert-OH is 1. The Morgan fingerprint density at radius 2 is 2.10 bits per heavy atom. The number of hydrogen-bond donors (Lipinski definition) is 3. The maximum absolute atomic E-state index is 9.57. The molecule has 0 aromatic rings. The second-order valence-electron chi connectivity index (χ2n) is 2.99. The summed E-state index contributed by atoms with van der Waals surface area (Å²) >= 11 is 0. The van der Waals surface area contributed by atoms with E-state index < -0.39 is 5.60 Å². The standard InChI is InChI=1S/C7H15NO2/c9-6-7(10)2-1-4-8-5-3-7/h8-10H,1-6H2. The van der Waals surface area contributed by atoms with E-state index in [1.54, 1.807) is 0 Å². The van der Waals surface area contributed by atoms with Gasteiger partial charge in [0.1, 0.15) is 0 Å². The van der Waals surface area contributed by atoms with Gasteiger partial charge in [-0.05, 0) is 32.4 Å². The molecule has 3 heteroatoms. The Morgan fingerprint density at radius 3 is 2.80 bits per heavy atom. The minimum Gasteiger partial charge on any atom is -0.393 e. The Labute approximate surface area is 61.1 Å². The fourth-order valence-electron chi connectivity index (χ4n) is 1.27. The lowest BCUT2D eigenvalue weighted by Gasteiger charge is -2.22. The van der Waals surface area contributed by atoms with E-state index in [1.807, 2.05) is 0 Å². The van der Waals surface area contributed by atoms with Crippen molar-refractivity contribution in [3.8, 4) is 0 Å². The monoisotopic (exact) mass is 145 g/mol. The second-order valence-corrected chi connectivity index (χ2v) is 2.99. The zero-order chi connectivity index (χ0) is 7.45. The highest BCUT2D eigenvalue weighted by Crippen LogP contribution is 2.17. The molecule has 1 saturated heterocycles. The van der Waals surface area contributed by atoms with Gasteiger partial charge < -0.3 is 15.5 Å². The smallest absolute Gasteiger partial charge is 0.0889 e. The number of rotatable bonds is 1. The van der Waals surface area contributed by atoms with Crippen LogP contribution in [-0.4, -0.2) is 35.5 Å². The summed E-state index contributed by atoms with van der Waals surface area (Å²) in [5.74, 6) is 0. The molecule has 1 aliphatic rings. The first-order chi connectivity index (χ1) is 4.77. The predicted molar refractivity (Wildman–Crippen MR) is 38.8 cm³/mol. The van der Waals surface area contributed by atoms with E-state index in [0.29, 0.717) is 6.42 Å². The zero-order valence-corrected chi connectivity index (χ0v) is 6.14. The molecule has 60 valence electrons. The average molecular weight is 145 g/mol. The van der Waals surface area contributed by atoms with Crippen LogP contribution >= 0.6 is 0 Å². The van der Waals surface area contributed by atoms with Gasteiger partial charge >= 0.3 is 0 Å². The first kappa shape index (κ1) is 7.98. The molecular weight excluding hydrogens is 130 g/mol. The van der Waals surface area contributed by atoms with Crippen LogP contribution in [-0.2, 0) is 0 Å². The van der Waals surface area contributed by atoms with Crippen LogP contribution in [0.4, 0.5) is 0 Å². The fourth-order valence-corrected chi connectivity index (χ4v) is 1.27. The van der Waals surface area contributed by atoms with Crippen molar-refractivity contribution in [3.63, 3.8) is 0 Å². The Kier molecular flexibility index (Phi) is 2.65. The molecule has 0 radical (unpaired) electrons. The van der Waals surface area contributed by atoms with Gasteiger partial charge in [0, 0.05) is 0 Å². The van der Waals surface area contributed by atoms with Crippen LogP contribution in [0, 0.1) is 0 Å². The Morgan fingerprint density at radius 1 is 1.30 bits per heavy atom. The summed E-state index contributed by atoms with van der Waals surface area (Å²) < 4.78 is 0. The van der Waals surface area contributed by atoms with Crippen molar-refractivity contribution in [2.45, 2.75) is 24.9 Å². The van der Waals surface area contributed by atoms with Gasteiger partial charge in [0.05, 0.1) is 12.2 Å². The maximum Gasteiger partial charge on any atom is 0.0889 e. The Bertz CT molecular complexity index is 97.8. The number of nitrogens with one attached hydrogen (secondary N) is 1. The summed E-state index contributed by atoms with van der Waals surface area (Å²) in [4.78, 5) is 0. The summed E-state index contributed by atoms with van der Waals surface area (Å²) in [7, 11) is 0. The van der Waals surface area contributed by atoms with Crippen molar-refractivity contribution in [2.24, 2.45) is 0 Å². The van der Waals surface area contributed by atoms with Gasteiger partial charge in [-0.3, -0.25) is 0 Å². The third-order valence-electron chi connectivity index (χ3n) is 2.06. The number of hydrogen-bond acceptors (Lipinski definition) is 3. The maximum atomic E-state index is 9.57. The van der Waals surface area contributed by atoms with E-state index in [0.717, 1.165) is 25.9 Å². The highest BCUT2D eigenvalue weighted by molar-refractivity contribution is 4.80. The van der Waals surface area contributed by atoms with Gasteiger partial charge in [0.2, 0.25) is 0 Å². The van der Waals surface area contributed by atoms with Crippen molar-refractivity contribution in [3.05, 3.63) is 0 Å². The summed E-state index contributed by atoms with van der Waals surface area (Å²) in [6.07, 6.45) is 2.34. The van der Waals surface area contributed by atoms with E-state index in [4.69, 9.17) is 5.11 Å². The summed E-state index contributed by atoms with van der Waals surface area (Å²) in [5.41, 5.74) is -0.802. The molecule has 0 spiro atoms. The molecule has 1 aliphatic heterocycles. The minimum absolute atomic E-state index is 0.103. The first-order valence-corrected chi connectivity index (χ1v) is 3.81. The van der Waals surface area contributed by atoms with Crippen LogP contribution in [0.3, 0.4) is 0 Å². The topological polar surface area (TPSA) is 52.5 Å². The molecule has 0 saturated carbocycles. The predicted octanol–water partition coefficient (Wildman–Crippen LogP) is -0.517. The molecule has 3 nitrogen and oxygen atoms in total. The molecule has 1 fully saturated rings. The molecule has 1 unspecified atom stereocenters. The quantitative estimate of drug-likeness (QED) is 0.465. The summed E-state index contributed by atoms with van der Waals surface area (Å²) in [6, 6.07) is 0. The molecule has 0 aromatic carbocycles. The van der Waals surface area contributed by atoms with Crippen LogP contribution < -0.4 is 5.32 Å². The van der Waals surface area contributed by atoms with Crippen LogP contribution in [0.15, 0.2) is 0 Å². The normalized spacial score (nSPS) is 35.4. The van der Waals surface area contributed by atoms with Gasteiger partial charge in [-0.2, -0.15) is 0 Å². The highest BCUT2D eigenvalue weighted by Gasteiger charge is 2.26. The molecule has 0 aromatic heterocycles. The lowest BCUT2D eigenvalue weighted by Crippen LogP contribution is -2.33. The van der Waals surface area contributed by atoms with Gasteiger partial charge in [-0.25, -0.2) is 0 Å². The molecule has 0 aliphatic carbocycles. The summed E-state index contributed by atoms with van der Waals surface area (Å²) in [6.45, 7) is 1.67. The third kappa shape index (κ3) is 1.94. The SMILES string of the molecule is OCC1(O)CCCNCC1. The van der Waals surface area contributed by atoms with E-state index in [1.165, 1.54) is 0 Å². The van der Waals surface area contributed by atoms with E-state index in [9.17, 15) is 5.11 Å². The summed E-state index contributed by atoms with van der Waals surface area (Å²) in [5, 5.41) is 21.5. The molecule has 1 atom stereocenters. The van der Waals surface area contributed by atoms with Crippen LogP contribution in [0.1, 0.15) is 19.3 Å². The Hall–Kier alpha value is -0.120.